The zero-order valence-corrected chi connectivity index (χ0v) is 9.25. The summed E-state index contributed by atoms with van der Waals surface area (Å²) in [6, 6.07) is 0. The monoisotopic (exact) mass is 228 g/mol. The maximum absolute atomic E-state index is 11.0. The van der Waals surface area contributed by atoms with Crippen LogP contribution in [0.1, 0.15) is 20.3 Å². The number of ether oxygens (including phenoxy) is 1. The zero-order valence-electron chi connectivity index (χ0n) is 9.25. The minimum atomic E-state index is -1.10. The number of hydrogen-bond donors (Lipinski definition) is 3. The maximum Gasteiger partial charge on any atom is 0.335 e. The summed E-state index contributed by atoms with van der Waals surface area (Å²) >= 11 is 0. The highest BCUT2D eigenvalue weighted by Gasteiger charge is 2.56. The molecule has 0 aromatic rings. The Morgan fingerprint density at radius 1 is 1.62 bits per heavy atom. The number of carbonyl (C=O) groups is 1. The molecule has 3 N–H and O–H groups in total. The van der Waals surface area contributed by atoms with Crippen LogP contribution in [0.15, 0.2) is 11.8 Å². The molecule has 0 radical (unpaired) electrons. The van der Waals surface area contributed by atoms with E-state index in [1.54, 1.807) is 13.8 Å². The van der Waals surface area contributed by atoms with Crippen LogP contribution in [0.4, 0.5) is 0 Å². The SMILES string of the molecule is C[C@@H]1OC=C(C(=O)O)[C@@H]2[C@H]1[C@@](C)(O)C[C@H]2O. The topological polar surface area (TPSA) is 87.0 Å². The van der Waals surface area contributed by atoms with Crippen LogP contribution in [-0.4, -0.2) is 39.1 Å². The van der Waals surface area contributed by atoms with Gasteiger partial charge in [0, 0.05) is 18.3 Å². The van der Waals surface area contributed by atoms with Crippen LogP contribution < -0.4 is 0 Å². The molecule has 0 amide bonds. The number of aliphatic carboxylic acids is 1. The lowest BCUT2D eigenvalue weighted by molar-refractivity contribution is -0.135. The van der Waals surface area contributed by atoms with E-state index in [1.807, 2.05) is 0 Å². The van der Waals surface area contributed by atoms with Crippen molar-refractivity contribution >= 4 is 5.97 Å². The second-order valence-electron chi connectivity index (χ2n) is 4.90. The number of carboxylic acid groups (broad SMARTS) is 1. The highest BCUT2D eigenvalue weighted by Crippen LogP contribution is 2.48. The van der Waals surface area contributed by atoms with Gasteiger partial charge in [0.05, 0.1) is 23.5 Å². The highest BCUT2D eigenvalue weighted by molar-refractivity contribution is 5.87. The minimum absolute atomic E-state index is 0.0494. The number of rotatable bonds is 1. The van der Waals surface area contributed by atoms with Crippen LogP contribution in [0.5, 0.6) is 0 Å². The van der Waals surface area contributed by atoms with Crippen LogP contribution >= 0.6 is 0 Å². The molecule has 5 heteroatoms. The standard InChI is InChI=1S/C11H16O5/c1-5-9-8(6(4-16-5)10(13)14)7(12)3-11(9,2)15/h4-5,7-9,12,15H,3H2,1-2H3,(H,13,14)/t5-,7+,8-,9-,11-/m0/s1. The van der Waals surface area contributed by atoms with Crippen LogP contribution in [0.3, 0.4) is 0 Å². The predicted octanol–water partition coefficient (Wildman–Crippen LogP) is 0.122. The molecule has 1 aliphatic carbocycles. The Morgan fingerprint density at radius 3 is 2.81 bits per heavy atom. The fourth-order valence-electron chi connectivity index (χ4n) is 3.05. The van der Waals surface area contributed by atoms with Gasteiger partial charge in [0.2, 0.25) is 0 Å². The number of aliphatic hydroxyl groups is 2. The minimum Gasteiger partial charge on any atom is -0.497 e. The van der Waals surface area contributed by atoms with Crippen molar-refractivity contribution in [3.8, 4) is 0 Å². The molecule has 0 bridgehead atoms. The molecule has 0 aromatic carbocycles. The Labute approximate surface area is 93.3 Å². The molecule has 0 aromatic heterocycles. The van der Waals surface area contributed by atoms with Gasteiger partial charge in [-0.05, 0) is 13.8 Å². The first-order valence-corrected chi connectivity index (χ1v) is 5.34. The third kappa shape index (κ3) is 1.51. The van der Waals surface area contributed by atoms with Crippen molar-refractivity contribution in [3.63, 3.8) is 0 Å². The lowest BCUT2D eigenvalue weighted by Gasteiger charge is -2.36. The molecule has 1 fully saturated rings. The molecular formula is C11H16O5. The van der Waals surface area contributed by atoms with Gasteiger partial charge in [-0.25, -0.2) is 4.79 Å². The third-order valence-corrected chi connectivity index (χ3v) is 3.66. The first-order chi connectivity index (χ1) is 7.34. The molecule has 2 aliphatic rings. The Balaban J connectivity index is 2.41. The molecule has 0 unspecified atom stereocenters. The lowest BCUT2D eigenvalue weighted by atomic mass is 9.78. The summed E-state index contributed by atoms with van der Waals surface area (Å²) in [7, 11) is 0. The summed E-state index contributed by atoms with van der Waals surface area (Å²) in [5.41, 5.74) is -1.04. The average molecular weight is 228 g/mol. The molecule has 1 heterocycles. The van der Waals surface area contributed by atoms with Crippen LogP contribution in [-0.2, 0) is 9.53 Å². The summed E-state index contributed by atoms with van der Waals surface area (Å²) in [6.07, 6.45) is 0.258. The van der Waals surface area contributed by atoms with Crippen LogP contribution in [0, 0.1) is 11.8 Å². The first-order valence-electron chi connectivity index (χ1n) is 5.34. The molecular weight excluding hydrogens is 212 g/mol. The van der Waals surface area contributed by atoms with Crippen LogP contribution in [0.25, 0.3) is 0 Å². The molecule has 5 atom stereocenters. The molecule has 2 rings (SSSR count). The Bertz CT molecular complexity index is 346. The molecule has 16 heavy (non-hydrogen) atoms. The van der Waals surface area contributed by atoms with Gasteiger partial charge >= 0.3 is 5.97 Å². The van der Waals surface area contributed by atoms with E-state index < -0.39 is 23.6 Å². The molecule has 1 aliphatic heterocycles. The Hall–Kier alpha value is -1.07. The fourth-order valence-corrected chi connectivity index (χ4v) is 3.05. The van der Waals surface area contributed by atoms with E-state index >= 15 is 0 Å². The van der Waals surface area contributed by atoms with Gasteiger partial charge in [-0.15, -0.1) is 0 Å². The molecule has 5 nitrogen and oxygen atoms in total. The van der Waals surface area contributed by atoms with Crippen molar-refractivity contribution in [2.75, 3.05) is 0 Å². The van der Waals surface area contributed by atoms with Gasteiger partial charge in [-0.3, -0.25) is 0 Å². The maximum atomic E-state index is 11.0. The predicted molar refractivity (Wildman–Crippen MR) is 54.5 cm³/mol. The van der Waals surface area contributed by atoms with Gasteiger partial charge < -0.3 is 20.1 Å². The van der Waals surface area contributed by atoms with Gasteiger partial charge in [-0.1, -0.05) is 0 Å². The second-order valence-corrected chi connectivity index (χ2v) is 4.90. The fraction of sp³-hybridized carbons (Fsp3) is 0.727. The quantitative estimate of drug-likeness (QED) is 0.593. The summed E-state index contributed by atoms with van der Waals surface area (Å²) in [5, 5.41) is 29.1. The molecule has 0 spiro atoms. The molecule has 0 saturated heterocycles. The number of carboxylic acids is 1. The van der Waals surface area contributed by atoms with E-state index in [-0.39, 0.29) is 24.0 Å². The molecule has 1 saturated carbocycles. The number of fused-ring (bicyclic) bond motifs is 1. The van der Waals surface area contributed by atoms with E-state index in [1.165, 1.54) is 6.26 Å². The van der Waals surface area contributed by atoms with E-state index in [0.29, 0.717) is 0 Å². The Morgan fingerprint density at radius 2 is 2.25 bits per heavy atom. The number of hydrogen-bond acceptors (Lipinski definition) is 4. The normalized spacial score (nSPS) is 46.9. The van der Waals surface area contributed by atoms with E-state index in [9.17, 15) is 15.0 Å². The second kappa shape index (κ2) is 3.46. The lowest BCUT2D eigenvalue weighted by Crippen LogP contribution is -2.43. The van der Waals surface area contributed by atoms with Gasteiger partial charge in [0.1, 0.15) is 6.10 Å². The smallest absolute Gasteiger partial charge is 0.335 e. The third-order valence-electron chi connectivity index (χ3n) is 3.66. The largest absolute Gasteiger partial charge is 0.497 e. The number of aliphatic hydroxyl groups excluding tert-OH is 1. The zero-order chi connectivity index (χ0) is 12.1. The van der Waals surface area contributed by atoms with Gasteiger partial charge in [0.15, 0.2) is 0 Å². The molecule has 90 valence electrons. The summed E-state index contributed by atoms with van der Waals surface area (Å²) in [5.74, 6) is -2.02. The summed E-state index contributed by atoms with van der Waals surface area (Å²) in [4.78, 5) is 11.0. The van der Waals surface area contributed by atoms with Crippen LogP contribution in [0.2, 0.25) is 0 Å². The average Bonchev–Trinajstić information content (AvgIpc) is 2.38. The van der Waals surface area contributed by atoms with Crippen molar-refractivity contribution < 1.29 is 24.9 Å². The van der Waals surface area contributed by atoms with Gasteiger partial charge in [0.25, 0.3) is 0 Å². The van der Waals surface area contributed by atoms with Crippen molar-refractivity contribution in [1.82, 2.24) is 0 Å². The van der Waals surface area contributed by atoms with Crippen molar-refractivity contribution in [3.05, 3.63) is 11.8 Å². The summed E-state index contributed by atoms with van der Waals surface area (Å²) in [6.45, 7) is 3.39. The van der Waals surface area contributed by atoms with E-state index in [2.05, 4.69) is 0 Å². The Kier molecular flexibility index (Phi) is 2.47. The van der Waals surface area contributed by atoms with Crippen molar-refractivity contribution in [2.24, 2.45) is 11.8 Å². The van der Waals surface area contributed by atoms with Crippen molar-refractivity contribution in [2.45, 2.75) is 38.1 Å². The highest BCUT2D eigenvalue weighted by atomic mass is 16.5. The first kappa shape index (κ1) is 11.4. The summed E-state index contributed by atoms with van der Waals surface area (Å²) < 4.78 is 5.24. The van der Waals surface area contributed by atoms with Gasteiger partial charge in [-0.2, -0.15) is 0 Å². The van der Waals surface area contributed by atoms with Crippen molar-refractivity contribution in [1.29, 1.82) is 0 Å². The van der Waals surface area contributed by atoms with E-state index in [4.69, 9.17) is 9.84 Å². The van der Waals surface area contributed by atoms with E-state index in [0.717, 1.165) is 0 Å².